The Morgan fingerprint density at radius 1 is 1.07 bits per heavy atom. The molecule has 0 aliphatic rings. The Labute approximate surface area is 173 Å². The number of nitrogens with zero attached hydrogens (tertiary/aromatic N) is 2. The lowest BCUT2D eigenvalue weighted by Gasteiger charge is -2.12. The lowest BCUT2D eigenvalue weighted by atomic mass is 10.1. The van der Waals surface area contributed by atoms with Crippen LogP contribution in [0.4, 0.5) is 0 Å². The molecule has 0 amide bonds. The van der Waals surface area contributed by atoms with Gasteiger partial charge in [0.2, 0.25) is 0 Å². The van der Waals surface area contributed by atoms with Gasteiger partial charge in [-0.05, 0) is 43.9 Å². The Bertz CT molecular complexity index is 765. The predicted octanol–water partition coefficient (Wildman–Crippen LogP) is 3.50. The number of methoxy groups -OCH3 is 2. The highest BCUT2D eigenvalue weighted by Crippen LogP contribution is 2.27. The standard InChI is InChI=1S/C22H34N4O3/c1-6-18-17(19(7-2)29-26-18)15-25-22(23-8-3)24-13-9-10-16-11-12-20(27-4)21(14-16)28-5/h11-12,14H,6-10,13,15H2,1-5H3,(H2,23,24,25). The Balaban J connectivity index is 1.91. The van der Waals surface area contributed by atoms with Crippen molar-refractivity contribution in [1.82, 2.24) is 15.8 Å². The zero-order valence-electron chi connectivity index (χ0n) is 18.3. The van der Waals surface area contributed by atoms with E-state index in [0.717, 1.165) is 73.2 Å². The van der Waals surface area contributed by atoms with Crippen molar-refractivity contribution in [3.05, 3.63) is 40.8 Å². The second-order valence-electron chi connectivity index (χ2n) is 6.65. The number of benzene rings is 1. The molecule has 160 valence electrons. The highest BCUT2D eigenvalue weighted by Gasteiger charge is 2.13. The van der Waals surface area contributed by atoms with Crippen molar-refractivity contribution in [3.8, 4) is 11.5 Å². The molecular formula is C22H34N4O3. The third-order valence-corrected chi connectivity index (χ3v) is 4.73. The van der Waals surface area contributed by atoms with Gasteiger partial charge in [0.25, 0.3) is 0 Å². The molecule has 7 heteroatoms. The van der Waals surface area contributed by atoms with Crippen molar-refractivity contribution >= 4 is 5.96 Å². The molecule has 7 nitrogen and oxygen atoms in total. The number of rotatable bonds is 11. The van der Waals surface area contributed by atoms with E-state index in [-0.39, 0.29) is 0 Å². The van der Waals surface area contributed by atoms with Gasteiger partial charge in [-0.2, -0.15) is 0 Å². The first-order valence-corrected chi connectivity index (χ1v) is 10.4. The fraction of sp³-hybridized carbons (Fsp3) is 0.545. The number of aryl methyl sites for hydroxylation is 3. The number of nitrogens with one attached hydrogen (secondary N) is 2. The van der Waals surface area contributed by atoms with Crippen molar-refractivity contribution in [2.45, 2.75) is 53.0 Å². The summed E-state index contributed by atoms with van der Waals surface area (Å²) in [5.74, 6) is 3.25. The van der Waals surface area contributed by atoms with E-state index in [2.05, 4.69) is 42.6 Å². The van der Waals surface area contributed by atoms with Gasteiger partial charge in [0.1, 0.15) is 5.76 Å². The monoisotopic (exact) mass is 402 g/mol. The number of hydrogen-bond donors (Lipinski definition) is 2. The third kappa shape index (κ3) is 6.41. The minimum Gasteiger partial charge on any atom is -0.493 e. The van der Waals surface area contributed by atoms with Gasteiger partial charge >= 0.3 is 0 Å². The van der Waals surface area contributed by atoms with E-state index >= 15 is 0 Å². The molecule has 1 heterocycles. The minimum atomic E-state index is 0.570. The molecule has 0 saturated carbocycles. The maximum Gasteiger partial charge on any atom is 0.191 e. The number of hydrogen-bond acceptors (Lipinski definition) is 5. The topological polar surface area (TPSA) is 80.9 Å². The maximum absolute atomic E-state index is 5.43. The molecule has 2 aromatic rings. The molecule has 2 N–H and O–H groups in total. The molecular weight excluding hydrogens is 368 g/mol. The summed E-state index contributed by atoms with van der Waals surface area (Å²) in [6, 6.07) is 6.05. The average Bonchev–Trinajstić information content (AvgIpc) is 3.16. The molecule has 0 saturated heterocycles. The van der Waals surface area contributed by atoms with Gasteiger partial charge in [0.05, 0.1) is 26.5 Å². The summed E-state index contributed by atoms with van der Waals surface area (Å²) < 4.78 is 16.1. The first kappa shape index (κ1) is 22.6. The lowest BCUT2D eigenvalue weighted by molar-refractivity contribution is 0.354. The first-order chi connectivity index (χ1) is 14.2. The largest absolute Gasteiger partial charge is 0.493 e. The van der Waals surface area contributed by atoms with Gasteiger partial charge in [0.15, 0.2) is 17.5 Å². The maximum atomic E-state index is 5.43. The Morgan fingerprint density at radius 2 is 1.86 bits per heavy atom. The van der Waals surface area contributed by atoms with E-state index < -0.39 is 0 Å². The van der Waals surface area contributed by atoms with Gasteiger partial charge in [-0.1, -0.05) is 25.1 Å². The molecule has 29 heavy (non-hydrogen) atoms. The first-order valence-electron chi connectivity index (χ1n) is 10.4. The zero-order chi connectivity index (χ0) is 21.1. The van der Waals surface area contributed by atoms with Crippen LogP contribution in [0.5, 0.6) is 11.5 Å². The molecule has 0 aliphatic heterocycles. The summed E-state index contributed by atoms with van der Waals surface area (Å²) in [5, 5.41) is 10.9. The number of aromatic nitrogens is 1. The van der Waals surface area contributed by atoms with Crippen molar-refractivity contribution in [1.29, 1.82) is 0 Å². The van der Waals surface area contributed by atoms with Gasteiger partial charge in [-0.15, -0.1) is 0 Å². The van der Waals surface area contributed by atoms with Gasteiger partial charge in [-0.3, -0.25) is 0 Å². The van der Waals surface area contributed by atoms with Crippen LogP contribution >= 0.6 is 0 Å². The summed E-state index contributed by atoms with van der Waals surface area (Å²) in [6.07, 6.45) is 3.60. The average molecular weight is 403 g/mol. The molecule has 1 aromatic heterocycles. The molecule has 0 fully saturated rings. The van der Waals surface area contributed by atoms with Crippen molar-refractivity contribution in [2.75, 3.05) is 27.3 Å². The van der Waals surface area contributed by atoms with Crippen LogP contribution in [-0.4, -0.2) is 38.4 Å². The van der Waals surface area contributed by atoms with Crippen molar-refractivity contribution in [2.24, 2.45) is 4.99 Å². The highest BCUT2D eigenvalue weighted by molar-refractivity contribution is 5.79. The second kappa shape index (κ2) is 12.0. The Hall–Kier alpha value is -2.70. The van der Waals surface area contributed by atoms with E-state index in [1.165, 1.54) is 5.56 Å². The van der Waals surface area contributed by atoms with Crippen LogP contribution in [0.25, 0.3) is 0 Å². The third-order valence-electron chi connectivity index (χ3n) is 4.73. The van der Waals surface area contributed by atoms with E-state index in [4.69, 9.17) is 19.0 Å². The van der Waals surface area contributed by atoms with E-state index in [0.29, 0.717) is 6.54 Å². The van der Waals surface area contributed by atoms with E-state index in [9.17, 15) is 0 Å². The fourth-order valence-electron chi connectivity index (χ4n) is 3.15. The van der Waals surface area contributed by atoms with Crippen LogP contribution in [0.2, 0.25) is 0 Å². The molecule has 1 aromatic carbocycles. The molecule has 0 atom stereocenters. The van der Waals surface area contributed by atoms with Gasteiger partial charge < -0.3 is 24.6 Å². The highest BCUT2D eigenvalue weighted by atomic mass is 16.5. The quantitative estimate of drug-likeness (QED) is 0.340. The summed E-state index contributed by atoms with van der Waals surface area (Å²) in [7, 11) is 3.31. The molecule has 0 spiro atoms. The van der Waals surface area contributed by atoms with Crippen molar-refractivity contribution < 1.29 is 14.0 Å². The van der Waals surface area contributed by atoms with Gasteiger partial charge in [-0.25, -0.2) is 4.99 Å². The van der Waals surface area contributed by atoms with Crippen molar-refractivity contribution in [3.63, 3.8) is 0 Å². The number of ether oxygens (including phenoxy) is 2. The number of aliphatic imine (C=N–C) groups is 1. The molecule has 2 rings (SSSR count). The molecule has 0 bridgehead atoms. The van der Waals surface area contributed by atoms with Crippen LogP contribution in [0.1, 0.15) is 49.8 Å². The molecule has 0 aliphatic carbocycles. The molecule has 0 radical (unpaired) electrons. The zero-order valence-corrected chi connectivity index (χ0v) is 18.3. The summed E-state index contributed by atoms with van der Waals surface area (Å²) in [4.78, 5) is 4.73. The minimum absolute atomic E-state index is 0.570. The summed E-state index contributed by atoms with van der Waals surface area (Å²) in [6.45, 7) is 8.43. The fourth-order valence-corrected chi connectivity index (χ4v) is 3.15. The van der Waals surface area contributed by atoms with Crippen LogP contribution in [-0.2, 0) is 25.8 Å². The number of guanidine groups is 1. The van der Waals surface area contributed by atoms with E-state index in [1.54, 1.807) is 14.2 Å². The Kier molecular flexibility index (Phi) is 9.34. The van der Waals surface area contributed by atoms with Crippen LogP contribution < -0.4 is 20.1 Å². The Morgan fingerprint density at radius 3 is 2.52 bits per heavy atom. The lowest BCUT2D eigenvalue weighted by Crippen LogP contribution is -2.37. The van der Waals surface area contributed by atoms with Crippen LogP contribution in [0.15, 0.2) is 27.7 Å². The normalized spacial score (nSPS) is 11.4. The second-order valence-corrected chi connectivity index (χ2v) is 6.65. The summed E-state index contributed by atoms with van der Waals surface area (Å²) in [5.41, 5.74) is 3.32. The predicted molar refractivity (Wildman–Crippen MR) is 116 cm³/mol. The SMILES string of the molecule is CCNC(=NCc1c(CC)noc1CC)NCCCc1ccc(OC)c(OC)c1. The summed E-state index contributed by atoms with van der Waals surface area (Å²) >= 11 is 0. The van der Waals surface area contributed by atoms with Crippen LogP contribution in [0.3, 0.4) is 0 Å². The van der Waals surface area contributed by atoms with Gasteiger partial charge in [0, 0.05) is 25.1 Å². The smallest absolute Gasteiger partial charge is 0.191 e. The molecule has 0 unspecified atom stereocenters. The van der Waals surface area contributed by atoms with E-state index in [1.807, 2.05) is 12.1 Å². The van der Waals surface area contributed by atoms with Crippen LogP contribution in [0, 0.1) is 0 Å².